The fraction of sp³-hybridized carbons (Fsp3) is 0.333. The number of nitrogens with one attached hydrogen (secondary N) is 1. The van der Waals surface area contributed by atoms with Crippen LogP contribution in [0.1, 0.15) is 17.9 Å². The van der Waals surface area contributed by atoms with Crippen LogP contribution in [0.2, 0.25) is 0 Å². The molecular formula is C12H12N2O2. The maximum atomic E-state index is 11.4. The molecule has 1 aromatic carbocycles. The first-order chi connectivity index (χ1) is 7.75. The largest absolute Gasteiger partial charge is 0.324 e. The molecule has 0 spiro atoms. The minimum atomic E-state index is -0.242. The Balaban J connectivity index is 1.73. The Morgan fingerprint density at radius 1 is 1.19 bits per heavy atom. The Morgan fingerprint density at radius 2 is 1.94 bits per heavy atom. The Morgan fingerprint density at radius 3 is 2.56 bits per heavy atom. The fourth-order valence-electron chi connectivity index (χ4n) is 2.31. The lowest BCUT2D eigenvalue weighted by Crippen LogP contribution is -2.30. The third-order valence-corrected chi connectivity index (χ3v) is 3.21. The van der Waals surface area contributed by atoms with Crippen LogP contribution in [-0.2, 0) is 4.79 Å². The summed E-state index contributed by atoms with van der Waals surface area (Å²) in [5.74, 6) is 0.210. The van der Waals surface area contributed by atoms with Crippen LogP contribution in [0.5, 0.6) is 0 Å². The summed E-state index contributed by atoms with van der Waals surface area (Å²) in [6, 6.07) is 10.1. The predicted octanol–water partition coefficient (Wildman–Crippen LogP) is 1.09. The molecule has 1 heterocycles. The Kier molecular flexibility index (Phi) is 1.96. The fourth-order valence-corrected chi connectivity index (χ4v) is 2.31. The number of urea groups is 1. The Labute approximate surface area is 93.2 Å². The SMILES string of the molecule is O=C1CN(C2CC2c2ccccc2)C(=O)N1. The van der Waals surface area contributed by atoms with Gasteiger partial charge in [0.25, 0.3) is 0 Å². The van der Waals surface area contributed by atoms with E-state index in [4.69, 9.17) is 0 Å². The molecule has 0 bridgehead atoms. The van der Waals surface area contributed by atoms with E-state index in [0.717, 1.165) is 6.42 Å². The van der Waals surface area contributed by atoms with Gasteiger partial charge >= 0.3 is 6.03 Å². The molecule has 0 aromatic heterocycles. The van der Waals surface area contributed by atoms with Crippen LogP contribution in [0.4, 0.5) is 4.79 Å². The van der Waals surface area contributed by atoms with E-state index in [1.54, 1.807) is 4.90 Å². The second kappa shape index (κ2) is 3.33. The van der Waals surface area contributed by atoms with E-state index in [-0.39, 0.29) is 24.5 Å². The predicted molar refractivity (Wildman–Crippen MR) is 57.8 cm³/mol. The molecule has 0 radical (unpaired) electrons. The van der Waals surface area contributed by atoms with Gasteiger partial charge in [-0.2, -0.15) is 0 Å². The highest BCUT2D eigenvalue weighted by Crippen LogP contribution is 2.44. The van der Waals surface area contributed by atoms with Gasteiger partial charge in [-0.15, -0.1) is 0 Å². The van der Waals surface area contributed by atoms with Crippen molar-refractivity contribution in [3.05, 3.63) is 35.9 Å². The molecule has 1 saturated heterocycles. The number of imide groups is 1. The van der Waals surface area contributed by atoms with E-state index >= 15 is 0 Å². The molecule has 2 unspecified atom stereocenters. The molecule has 4 nitrogen and oxygen atoms in total. The van der Waals surface area contributed by atoms with Gasteiger partial charge in [-0.05, 0) is 12.0 Å². The number of benzene rings is 1. The molecule has 16 heavy (non-hydrogen) atoms. The van der Waals surface area contributed by atoms with Crippen LogP contribution < -0.4 is 5.32 Å². The number of carbonyl (C=O) groups excluding carboxylic acids is 2. The minimum absolute atomic E-state index is 0.191. The topological polar surface area (TPSA) is 49.4 Å². The standard InChI is InChI=1S/C12H12N2O2/c15-11-7-14(12(16)13-11)10-6-9(10)8-4-2-1-3-5-8/h1-5,9-10H,6-7H2,(H,13,15,16). The number of hydrogen-bond donors (Lipinski definition) is 1. The van der Waals surface area contributed by atoms with Gasteiger partial charge in [-0.1, -0.05) is 30.3 Å². The smallest absolute Gasteiger partial charge is 0.312 e. The minimum Gasteiger partial charge on any atom is -0.312 e. The molecule has 1 aliphatic carbocycles. The van der Waals surface area contributed by atoms with Crippen LogP contribution in [0.15, 0.2) is 30.3 Å². The molecule has 1 aromatic rings. The zero-order chi connectivity index (χ0) is 11.1. The molecule has 3 rings (SSSR count). The van der Waals surface area contributed by atoms with E-state index < -0.39 is 0 Å². The van der Waals surface area contributed by atoms with Gasteiger partial charge in [0.15, 0.2) is 0 Å². The van der Waals surface area contributed by atoms with Crippen molar-refractivity contribution in [2.75, 3.05) is 6.54 Å². The lowest BCUT2D eigenvalue weighted by atomic mass is 10.1. The summed E-state index contributed by atoms with van der Waals surface area (Å²) >= 11 is 0. The number of rotatable bonds is 2. The quantitative estimate of drug-likeness (QED) is 0.752. The van der Waals surface area contributed by atoms with E-state index in [9.17, 15) is 9.59 Å². The van der Waals surface area contributed by atoms with Gasteiger partial charge in [0.05, 0.1) is 0 Å². The van der Waals surface area contributed by atoms with Crippen LogP contribution >= 0.6 is 0 Å². The highest BCUT2D eigenvalue weighted by atomic mass is 16.2. The average Bonchev–Trinajstić information content (AvgIpc) is 3.00. The number of carbonyl (C=O) groups is 2. The summed E-state index contributed by atoms with van der Waals surface area (Å²) in [7, 11) is 0. The second-order valence-corrected chi connectivity index (χ2v) is 4.30. The Hall–Kier alpha value is -1.84. The lowest BCUT2D eigenvalue weighted by molar-refractivity contribution is -0.118. The van der Waals surface area contributed by atoms with E-state index in [1.165, 1.54) is 5.56 Å². The molecule has 82 valence electrons. The van der Waals surface area contributed by atoms with Gasteiger partial charge in [-0.25, -0.2) is 4.79 Å². The molecule has 2 atom stereocenters. The Bertz CT molecular complexity index is 444. The molecule has 1 aliphatic heterocycles. The van der Waals surface area contributed by atoms with Crippen molar-refractivity contribution >= 4 is 11.9 Å². The van der Waals surface area contributed by atoms with Crippen molar-refractivity contribution in [1.82, 2.24) is 10.2 Å². The molecule has 2 aliphatic rings. The number of hydrogen-bond acceptors (Lipinski definition) is 2. The normalized spacial score (nSPS) is 28.1. The van der Waals surface area contributed by atoms with Crippen molar-refractivity contribution in [2.24, 2.45) is 0 Å². The zero-order valence-corrected chi connectivity index (χ0v) is 8.72. The van der Waals surface area contributed by atoms with Gasteiger partial charge in [0, 0.05) is 12.0 Å². The van der Waals surface area contributed by atoms with E-state index in [0.29, 0.717) is 5.92 Å². The van der Waals surface area contributed by atoms with Gasteiger partial charge < -0.3 is 4.90 Å². The summed E-state index contributed by atoms with van der Waals surface area (Å²) in [6.07, 6.45) is 0.963. The van der Waals surface area contributed by atoms with Gasteiger partial charge in [0.2, 0.25) is 5.91 Å². The van der Waals surface area contributed by atoms with Crippen molar-refractivity contribution in [3.8, 4) is 0 Å². The first-order valence-corrected chi connectivity index (χ1v) is 5.41. The summed E-state index contributed by atoms with van der Waals surface area (Å²) in [4.78, 5) is 24.1. The average molecular weight is 216 g/mol. The van der Waals surface area contributed by atoms with Crippen LogP contribution in [-0.4, -0.2) is 29.4 Å². The van der Waals surface area contributed by atoms with Crippen molar-refractivity contribution in [1.29, 1.82) is 0 Å². The summed E-state index contributed by atoms with van der Waals surface area (Å²) in [5, 5.41) is 2.31. The highest BCUT2D eigenvalue weighted by molar-refractivity contribution is 6.02. The van der Waals surface area contributed by atoms with E-state index in [2.05, 4.69) is 17.4 Å². The third-order valence-electron chi connectivity index (χ3n) is 3.21. The molecular weight excluding hydrogens is 204 g/mol. The highest BCUT2D eigenvalue weighted by Gasteiger charge is 2.47. The van der Waals surface area contributed by atoms with Crippen LogP contribution in [0.3, 0.4) is 0 Å². The molecule has 3 amide bonds. The number of nitrogens with zero attached hydrogens (tertiary/aromatic N) is 1. The molecule has 1 saturated carbocycles. The first kappa shape index (κ1) is 9.39. The van der Waals surface area contributed by atoms with E-state index in [1.807, 2.05) is 18.2 Å². The zero-order valence-electron chi connectivity index (χ0n) is 8.72. The maximum absolute atomic E-state index is 11.4. The van der Waals surface area contributed by atoms with Gasteiger partial charge in [-0.3, -0.25) is 10.1 Å². The van der Waals surface area contributed by atoms with Gasteiger partial charge in [0.1, 0.15) is 6.54 Å². The van der Waals surface area contributed by atoms with Crippen LogP contribution in [0, 0.1) is 0 Å². The van der Waals surface area contributed by atoms with Crippen LogP contribution in [0.25, 0.3) is 0 Å². The van der Waals surface area contributed by atoms with Crippen molar-refractivity contribution in [3.63, 3.8) is 0 Å². The van der Waals surface area contributed by atoms with Crippen molar-refractivity contribution in [2.45, 2.75) is 18.4 Å². The maximum Gasteiger partial charge on any atom is 0.324 e. The summed E-state index contributed by atoms with van der Waals surface area (Å²) in [5.41, 5.74) is 1.25. The van der Waals surface area contributed by atoms with Crippen molar-refractivity contribution < 1.29 is 9.59 Å². The monoisotopic (exact) mass is 216 g/mol. The molecule has 4 heteroatoms. The first-order valence-electron chi connectivity index (χ1n) is 5.41. The molecule has 2 fully saturated rings. The second-order valence-electron chi connectivity index (χ2n) is 4.30. The lowest BCUT2D eigenvalue weighted by Gasteiger charge is -2.12. The number of amides is 3. The summed E-state index contributed by atoms with van der Waals surface area (Å²) < 4.78 is 0. The third kappa shape index (κ3) is 1.46. The summed E-state index contributed by atoms with van der Waals surface area (Å²) in [6.45, 7) is 0.215. The molecule has 1 N–H and O–H groups in total.